The minimum absolute atomic E-state index is 0.262. The number of aliphatic hydroxyl groups excluding tert-OH is 1. The molecule has 1 aromatic rings. The zero-order valence-electron chi connectivity index (χ0n) is 10.4. The summed E-state index contributed by atoms with van der Waals surface area (Å²) >= 11 is 0. The summed E-state index contributed by atoms with van der Waals surface area (Å²) in [5, 5.41) is 14.7. The van der Waals surface area contributed by atoms with E-state index in [1.165, 1.54) is 0 Å². The predicted molar refractivity (Wildman–Crippen MR) is 62.9 cm³/mol. The van der Waals surface area contributed by atoms with Crippen molar-refractivity contribution in [1.29, 1.82) is 0 Å². The fourth-order valence-corrected chi connectivity index (χ4v) is 1.40. The minimum atomic E-state index is -0.384. The molecule has 1 rings (SSSR count). The number of carbonyl (C=O) groups excluding carboxylic acids is 1. The first kappa shape index (κ1) is 13.7. The van der Waals surface area contributed by atoms with Crippen molar-refractivity contribution in [1.82, 2.24) is 15.6 Å². The van der Waals surface area contributed by atoms with Crippen LogP contribution in [-0.4, -0.2) is 41.7 Å². The third-order valence-electron chi connectivity index (χ3n) is 2.14. The fourth-order valence-electron chi connectivity index (χ4n) is 1.40. The number of oxazole rings is 1. The monoisotopic (exact) mass is 241 g/mol. The Morgan fingerprint density at radius 2 is 2.18 bits per heavy atom. The van der Waals surface area contributed by atoms with Gasteiger partial charge in [0.05, 0.1) is 11.8 Å². The van der Waals surface area contributed by atoms with E-state index in [2.05, 4.69) is 15.6 Å². The van der Waals surface area contributed by atoms with E-state index in [0.29, 0.717) is 31.2 Å². The number of nitrogens with one attached hydrogen (secondary N) is 2. The largest absolute Gasteiger partial charge is 0.436 e. The molecule has 0 radical (unpaired) electrons. The number of hydrogen-bond donors (Lipinski definition) is 3. The van der Waals surface area contributed by atoms with Crippen molar-refractivity contribution in [2.45, 2.75) is 26.9 Å². The summed E-state index contributed by atoms with van der Waals surface area (Å²) in [4.78, 5) is 15.7. The van der Waals surface area contributed by atoms with E-state index < -0.39 is 0 Å². The molecule has 0 spiro atoms. The van der Waals surface area contributed by atoms with Crippen LogP contribution in [0.3, 0.4) is 0 Å². The van der Waals surface area contributed by atoms with Crippen LogP contribution in [0.5, 0.6) is 0 Å². The molecule has 1 unspecified atom stereocenters. The van der Waals surface area contributed by atoms with Gasteiger partial charge in [-0.05, 0) is 13.8 Å². The molecule has 1 amide bonds. The van der Waals surface area contributed by atoms with Crippen LogP contribution in [0.4, 0.5) is 0 Å². The Morgan fingerprint density at radius 3 is 2.71 bits per heavy atom. The molecule has 6 nitrogen and oxygen atoms in total. The molecule has 0 aliphatic rings. The topological polar surface area (TPSA) is 87.4 Å². The van der Waals surface area contributed by atoms with Crippen LogP contribution in [0.1, 0.15) is 29.1 Å². The number of hydrogen-bond acceptors (Lipinski definition) is 5. The van der Waals surface area contributed by atoms with Crippen LogP contribution < -0.4 is 10.6 Å². The van der Waals surface area contributed by atoms with Gasteiger partial charge in [0.1, 0.15) is 0 Å². The molecule has 0 aliphatic heterocycles. The number of amides is 1. The van der Waals surface area contributed by atoms with Crippen molar-refractivity contribution in [3.63, 3.8) is 0 Å². The van der Waals surface area contributed by atoms with Gasteiger partial charge in [-0.3, -0.25) is 4.79 Å². The Hall–Kier alpha value is -1.40. The average Bonchev–Trinajstić information content (AvgIpc) is 2.56. The maximum atomic E-state index is 11.7. The quantitative estimate of drug-likeness (QED) is 0.610. The van der Waals surface area contributed by atoms with E-state index in [4.69, 9.17) is 9.52 Å². The number of carbonyl (C=O) groups is 1. The first-order valence-corrected chi connectivity index (χ1v) is 5.61. The van der Waals surface area contributed by atoms with Gasteiger partial charge >= 0.3 is 0 Å². The first-order chi connectivity index (χ1) is 8.00. The van der Waals surface area contributed by atoms with E-state index in [9.17, 15) is 4.79 Å². The molecule has 0 saturated heterocycles. The highest BCUT2D eigenvalue weighted by molar-refractivity contribution is 5.92. The van der Waals surface area contributed by atoms with E-state index >= 15 is 0 Å². The highest BCUT2D eigenvalue weighted by Gasteiger charge is 2.14. The lowest BCUT2D eigenvalue weighted by Crippen LogP contribution is -2.34. The molecular formula is C11H19N3O3. The molecule has 1 atom stereocenters. The second-order valence-electron chi connectivity index (χ2n) is 3.96. The Bertz CT molecular complexity index is 374. The van der Waals surface area contributed by atoms with Crippen LogP contribution in [-0.2, 0) is 0 Å². The highest BCUT2D eigenvalue weighted by atomic mass is 16.4. The summed E-state index contributed by atoms with van der Waals surface area (Å²) in [6.07, 6.45) is -0.384. The van der Waals surface area contributed by atoms with Crippen LogP contribution in [0, 0.1) is 13.8 Å². The fraction of sp³-hybridized carbons (Fsp3) is 0.636. The molecule has 0 bridgehead atoms. The van der Waals surface area contributed by atoms with Crippen molar-refractivity contribution in [2.75, 3.05) is 19.6 Å². The molecule has 1 aromatic heterocycles. The molecule has 3 N–H and O–H groups in total. The van der Waals surface area contributed by atoms with Gasteiger partial charge in [0.15, 0.2) is 5.89 Å². The number of aromatic nitrogens is 1. The van der Waals surface area contributed by atoms with Gasteiger partial charge in [-0.25, -0.2) is 4.98 Å². The lowest BCUT2D eigenvalue weighted by atomic mass is 10.3. The van der Waals surface area contributed by atoms with Crippen LogP contribution in [0.25, 0.3) is 0 Å². The van der Waals surface area contributed by atoms with Crippen molar-refractivity contribution in [2.24, 2.45) is 0 Å². The van der Waals surface area contributed by atoms with E-state index in [-0.39, 0.29) is 17.8 Å². The Labute approximate surface area is 100 Å². The zero-order valence-corrected chi connectivity index (χ0v) is 10.4. The van der Waals surface area contributed by atoms with E-state index in [1.54, 1.807) is 20.8 Å². The maximum Gasteiger partial charge on any atom is 0.289 e. The van der Waals surface area contributed by atoms with Gasteiger partial charge in [-0.15, -0.1) is 0 Å². The minimum Gasteiger partial charge on any atom is -0.436 e. The van der Waals surface area contributed by atoms with Crippen LogP contribution >= 0.6 is 0 Å². The lowest BCUT2D eigenvalue weighted by Gasteiger charge is -2.07. The Kier molecular flexibility index (Phi) is 5.11. The molecule has 0 fully saturated rings. The molecule has 0 saturated carbocycles. The third kappa shape index (κ3) is 4.54. The van der Waals surface area contributed by atoms with Gasteiger partial charge in [0, 0.05) is 26.6 Å². The smallest absolute Gasteiger partial charge is 0.289 e. The summed E-state index contributed by atoms with van der Waals surface area (Å²) in [5.41, 5.74) is 0.594. The average molecular weight is 241 g/mol. The third-order valence-corrected chi connectivity index (χ3v) is 2.14. The van der Waals surface area contributed by atoms with Crippen LogP contribution in [0.2, 0.25) is 0 Å². The number of nitrogens with zero attached hydrogens (tertiary/aromatic N) is 1. The highest BCUT2D eigenvalue weighted by Crippen LogP contribution is 2.08. The van der Waals surface area contributed by atoms with Crippen LogP contribution in [0.15, 0.2) is 4.42 Å². The molecule has 96 valence electrons. The van der Waals surface area contributed by atoms with Gasteiger partial charge in [0.2, 0.25) is 5.76 Å². The van der Waals surface area contributed by atoms with E-state index in [0.717, 1.165) is 0 Å². The van der Waals surface area contributed by atoms with Gasteiger partial charge < -0.3 is 20.2 Å². The summed E-state index contributed by atoms with van der Waals surface area (Å²) in [7, 11) is 0. The maximum absolute atomic E-state index is 11.7. The number of aryl methyl sites for hydroxylation is 2. The lowest BCUT2D eigenvalue weighted by molar-refractivity contribution is 0.0924. The van der Waals surface area contributed by atoms with Crippen molar-refractivity contribution in [3.8, 4) is 0 Å². The molecule has 0 aliphatic carbocycles. The summed E-state index contributed by atoms with van der Waals surface area (Å²) in [5.74, 6) is 0.486. The summed E-state index contributed by atoms with van der Waals surface area (Å²) in [6, 6.07) is 0. The zero-order chi connectivity index (χ0) is 12.8. The summed E-state index contributed by atoms with van der Waals surface area (Å²) < 4.78 is 5.19. The standard InChI is InChI=1S/C11H19N3O3/c1-7(15)6-12-4-5-13-11(16)10-8(2)14-9(3)17-10/h7,12,15H,4-6H2,1-3H3,(H,13,16). The van der Waals surface area contributed by atoms with Gasteiger partial charge in [0.25, 0.3) is 5.91 Å². The number of aliphatic hydroxyl groups is 1. The second kappa shape index (κ2) is 6.36. The Morgan fingerprint density at radius 1 is 1.47 bits per heavy atom. The van der Waals surface area contributed by atoms with Gasteiger partial charge in [-0.2, -0.15) is 0 Å². The number of rotatable bonds is 6. The van der Waals surface area contributed by atoms with Crippen molar-refractivity contribution >= 4 is 5.91 Å². The molecular weight excluding hydrogens is 222 g/mol. The second-order valence-corrected chi connectivity index (χ2v) is 3.96. The Balaban J connectivity index is 2.28. The molecule has 17 heavy (non-hydrogen) atoms. The molecule has 6 heteroatoms. The molecule has 1 heterocycles. The van der Waals surface area contributed by atoms with Crippen molar-refractivity contribution < 1.29 is 14.3 Å². The molecule has 0 aromatic carbocycles. The predicted octanol–water partition coefficient (Wildman–Crippen LogP) is -0.00836. The summed E-state index contributed by atoms with van der Waals surface area (Å²) in [6.45, 7) is 6.72. The normalized spacial score (nSPS) is 12.5. The van der Waals surface area contributed by atoms with Gasteiger partial charge in [-0.1, -0.05) is 0 Å². The van der Waals surface area contributed by atoms with Crippen molar-refractivity contribution in [3.05, 3.63) is 17.3 Å². The SMILES string of the molecule is Cc1nc(C)c(C(=O)NCCNCC(C)O)o1. The first-order valence-electron chi connectivity index (χ1n) is 5.61. The van der Waals surface area contributed by atoms with E-state index in [1.807, 2.05) is 0 Å².